The monoisotopic (exact) mass is 254 g/mol. The fraction of sp³-hybridized carbons (Fsp3) is 1.00. The number of unbranched alkanes of at least 4 members (excludes halogenated alkanes) is 6. The van der Waals surface area contributed by atoms with Crippen LogP contribution in [0.2, 0.25) is 0 Å². The lowest BCUT2D eigenvalue weighted by Crippen LogP contribution is -2.56. The van der Waals surface area contributed by atoms with E-state index in [1.807, 2.05) is 0 Å². The Bertz CT molecular complexity index is 197. The minimum absolute atomic E-state index is 0.487. The molecule has 2 nitrogen and oxygen atoms in total. The lowest BCUT2D eigenvalue weighted by molar-refractivity contribution is 0.0602. The van der Waals surface area contributed by atoms with Crippen molar-refractivity contribution in [3.63, 3.8) is 0 Å². The number of rotatable bonds is 11. The van der Waals surface area contributed by atoms with Crippen molar-refractivity contribution in [2.24, 2.45) is 0 Å². The molecule has 108 valence electrons. The van der Waals surface area contributed by atoms with E-state index >= 15 is 0 Å². The summed E-state index contributed by atoms with van der Waals surface area (Å²) in [5, 5.41) is 3.67. The van der Waals surface area contributed by atoms with Crippen LogP contribution in [0.4, 0.5) is 0 Å². The number of likely N-dealkylation sites (N-methyl/N-ethyl adjacent to an activating group) is 1. The van der Waals surface area contributed by atoms with Gasteiger partial charge in [-0.1, -0.05) is 45.4 Å². The summed E-state index contributed by atoms with van der Waals surface area (Å²) in [7, 11) is 4.46. The summed E-state index contributed by atoms with van der Waals surface area (Å²) in [4.78, 5) is 2.42. The molecule has 0 aromatic rings. The predicted octanol–water partition coefficient (Wildman–Crippen LogP) is 3.81. The van der Waals surface area contributed by atoms with Gasteiger partial charge in [-0.2, -0.15) is 0 Å². The molecule has 0 amide bonds. The fourth-order valence-electron chi connectivity index (χ4n) is 2.90. The molecule has 0 bridgehead atoms. The third-order valence-electron chi connectivity index (χ3n) is 4.64. The molecule has 2 heteroatoms. The van der Waals surface area contributed by atoms with Gasteiger partial charge in [0.15, 0.2) is 0 Å². The molecule has 0 aromatic heterocycles. The van der Waals surface area contributed by atoms with Crippen LogP contribution in [0.3, 0.4) is 0 Å². The van der Waals surface area contributed by atoms with Crippen LogP contribution in [0, 0.1) is 0 Å². The molecule has 0 atom stereocenters. The highest BCUT2D eigenvalue weighted by Gasteiger charge is 2.38. The van der Waals surface area contributed by atoms with Crippen molar-refractivity contribution in [1.29, 1.82) is 0 Å². The highest BCUT2D eigenvalue weighted by Crippen LogP contribution is 2.35. The molecule has 1 fully saturated rings. The van der Waals surface area contributed by atoms with E-state index in [1.165, 1.54) is 77.3 Å². The molecule has 1 N–H and O–H groups in total. The summed E-state index contributed by atoms with van der Waals surface area (Å²) < 4.78 is 0. The van der Waals surface area contributed by atoms with E-state index in [2.05, 4.69) is 31.2 Å². The number of hydrogen-bond donors (Lipinski definition) is 1. The lowest BCUT2D eigenvalue weighted by Gasteiger charge is -2.47. The second-order valence-electron chi connectivity index (χ2n) is 6.27. The molecule has 0 unspecified atom stereocenters. The van der Waals surface area contributed by atoms with Crippen molar-refractivity contribution < 1.29 is 0 Å². The molecule has 0 saturated heterocycles. The van der Waals surface area contributed by atoms with Crippen LogP contribution in [0.1, 0.15) is 71.1 Å². The largest absolute Gasteiger partial charge is 0.315 e. The Morgan fingerprint density at radius 2 is 1.56 bits per heavy atom. The Kier molecular flexibility index (Phi) is 7.92. The summed E-state index contributed by atoms with van der Waals surface area (Å²) in [5.74, 6) is 0. The second kappa shape index (κ2) is 8.92. The van der Waals surface area contributed by atoms with Crippen LogP contribution in [-0.2, 0) is 0 Å². The van der Waals surface area contributed by atoms with Gasteiger partial charge in [0.2, 0.25) is 0 Å². The Labute approximate surface area is 115 Å². The molecular weight excluding hydrogens is 220 g/mol. The Morgan fingerprint density at radius 3 is 2.06 bits per heavy atom. The first kappa shape index (κ1) is 16.0. The van der Waals surface area contributed by atoms with E-state index in [0.29, 0.717) is 5.54 Å². The predicted molar refractivity (Wildman–Crippen MR) is 81.1 cm³/mol. The van der Waals surface area contributed by atoms with Crippen LogP contribution < -0.4 is 5.32 Å². The molecule has 1 saturated carbocycles. The van der Waals surface area contributed by atoms with Crippen molar-refractivity contribution in [3.05, 3.63) is 0 Å². The maximum atomic E-state index is 3.67. The van der Waals surface area contributed by atoms with E-state index in [4.69, 9.17) is 0 Å². The smallest absolute Gasteiger partial charge is 0.0327 e. The van der Waals surface area contributed by atoms with Gasteiger partial charge in [0.25, 0.3) is 0 Å². The summed E-state index contributed by atoms with van der Waals surface area (Å²) in [6.07, 6.45) is 14.0. The SMILES string of the molecule is CCCCCCCCCNCC1(N(C)C)CCC1. The average molecular weight is 254 g/mol. The van der Waals surface area contributed by atoms with E-state index in [-0.39, 0.29) is 0 Å². The average Bonchev–Trinajstić information content (AvgIpc) is 2.29. The minimum Gasteiger partial charge on any atom is -0.315 e. The van der Waals surface area contributed by atoms with Gasteiger partial charge in [-0.25, -0.2) is 0 Å². The molecule has 0 spiro atoms. The first-order valence-electron chi connectivity index (χ1n) is 8.09. The molecule has 0 radical (unpaired) electrons. The molecule has 0 aliphatic heterocycles. The van der Waals surface area contributed by atoms with E-state index in [1.54, 1.807) is 0 Å². The van der Waals surface area contributed by atoms with Gasteiger partial charge in [0, 0.05) is 12.1 Å². The van der Waals surface area contributed by atoms with Gasteiger partial charge in [0.1, 0.15) is 0 Å². The third kappa shape index (κ3) is 5.27. The van der Waals surface area contributed by atoms with E-state index in [9.17, 15) is 0 Å². The second-order valence-corrected chi connectivity index (χ2v) is 6.27. The van der Waals surface area contributed by atoms with E-state index in [0.717, 1.165) is 0 Å². The Morgan fingerprint density at radius 1 is 0.944 bits per heavy atom. The maximum absolute atomic E-state index is 3.67. The molecular formula is C16H34N2. The first-order chi connectivity index (χ1) is 8.71. The zero-order valence-electron chi connectivity index (χ0n) is 12.9. The number of nitrogens with one attached hydrogen (secondary N) is 1. The number of hydrogen-bond acceptors (Lipinski definition) is 2. The Hall–Kier alpha value is -0.0800. The summed E-state index contributed by atoms with van der Waals surface area (Å²) in [6.45, 7) is 4.68. The molecule has 1 rings (SSSR count). The fourth-order valence-corrected chi connectivity index (χ4v) is 2.90. The highest BCUT2D eigenvalue weighted by molar-refractivity contribution is 4.97. The number of nitrogens with zero attached hydrogens (tertiary/aromatic N) is 1. The summed E-state index contributed by atoms with van der Waals surface area (Å²) in [6, 6.07) is 0. The maximum Gasteiger partial charge on any atom is 0.0327 e. The van der Waals surface area contributed by atoms with Crippen molar-refractivity contribution >= 4 is 0 Å². The van der Waals surface area contributed by atoms with Gasteiger partial charge in [-0.15, -0.1) is 0 Å². The summed E-state index contributed by atoms with van der Waals surface area (Å²) >= 11 is 0. The van der Waals surface area contributed by atoms with Crippen molar-refractivity contribution in [3.8, 4) is 0 Å². The standard InChI is InChI=1S/C16H34N2/c1-4-5-6-7-8-9-10-14-17-15-16(18(2)3)12-11-13-16/h17H,4-15H2,1-3H3. The Balaban J connectivity index is 1.89. The molecule has 1 aliphatic rings. The topological polar surface area (TPSA) is 15.3 Å². The van der Waals surface area contributed by atoms with Gasteiger partial charge in [-0.3, -0.25) is 0 Å². The highest BCUT2D eigenvalue weighted by atomic mass is 15.2. The van der Waals surface area contributed by atoms with Crippen LogP contribution in [-0.4, -0.2) is 37.6 Å². The van der Waals surface area contributed by atoms with Crippen LogP contribution in [0.5, 0.6) is 0 Å². The van der Waals surface area contributed by atoms with Gasteiger partial charge in [0.05, 0.1) is 0 Å². The van der Waals surface area contributed by atoms with Gasteiger partial charge >= 0.3 is 0 Å². The minimum atomic E-state index is 0.487. The zero-order valence-corrected chi connectivity index (χ0v) is 12.9. The molecule has 0 aromatic carbocycles. The van der Waals surface area contributed by atoms with Crippen LogP contribution >= 0.6 is 0 Å². The van der Waals surface area contributed by atoms with Crippen LogP contribution in [0.25, 0.3) is 0 Å². The normalized spacial score (nSPS) is 18.0. The van der Waals surface area contributed by atoms with E-state index < -0.39 is 0 Å². The van der Waals surface area contributed by atoms with Crippen molar-refractivity contribution in [2.45, 2.75) is 76.7 Å². The first-order valence-corrected chi connectivity index (χ1v) is 8.09. The van der Waals surface area contributed by atoms with Gasteiger partial charge < -0.3 is 10.2 Å². The molecule has 0 heterocycles. The van der Waals surface area contributed by atoms with Crippen molar-refractivity contribution in [1.82, 2.24) is 10.2 Å². The molecule has 18 heavy (non-hydrogen) atoms. The van der Waals surface area contributed by atoms with Crippen molar-refractivity contribution in [2.75, 3.05) is 27.2 Å². The summed E-state index contributed by atoms with van der Waals surface area (Å²) in [5.41, 5.74) is 0.487. The third-order valence-corrected chi connectivity index (χ3v) is 4.64. The molecule has 1 aliphatic carbocycles. The lowest BCUT2D eigenvalue weighted by atomic mass is 9.75. The quantitative estimate of drug-likeness (QED) is 0.564. The van der Waals surface area contributed by atoms with Crippen LogP contribution in [0.15, 0.2) is 0 Å². The zero-order chi connectivity index (χ0) is 13.3. The van der Waals surface area contributed by atoms with Gasteiger partial charge in [-0.05, 0) is 46.3 Å².